The van der Waals surface area contributed by atoms with Crippen molar-refractivity contribution in [2.24, 2.45) is 5.92 Å². The van der Waals surface area contributed by atoms with E-state index in [0.29, 0.717) is 12.4 Å². The topological polar surface area (TPSA) is 72.1 Å². The number of hydrogen-bond donors (Lipinski definition) is 1. The fraction of sp³-hybridized carbons (Fsp3) is 0.722. The molecule has 0 aliphatic rings. The van der Waals surface area contributed by atoms with Crippen LogP contribution in [0.25, 0.3) is 0 Å². The van der Waals surface area contributed by atoms with Gasteiger partial charge in [0, 0.05) is 13.0 Å². The quantitative estimate of drug-likeness (QED) is 0.820. The molecule has 1 N–H and O–H groups in total. The molecule has 0 aromatic carbocycles. The summed E-state index contributed by atoms with van der Waals surface area (Å²) in [4.78, 5) is 13.9. The highest BCUT2D eigenvalue weighted by Crippen LogP contribution is 2.30. The summed E-state index contributed by atoms with van der Waals surface area (Å²) >= 11 is 0. The Morgan fingerprint density at radius 2 is 1.96 bits per heavy atom. The molecule has 138 valence electrons. The van der Waals surface area contributed by atoms with E-state index in [4.69, 9.17) is 13.9 Å². The van der Waals surface area contributed by atoms with Crippen molar-refractivity contribution in [2.45, 2.75) is 58.8 Å². The zero-order valence-corrected chi connectivity index (χ0v) is 15.8. The van der Waals surface area contributed by atoms with Crippen LogP contribution in [-0.4, -0.2) is 47.6 Å². The molecule has 0 bridgehead atoms. The van der Waals surface area contributed by atoms with E-state index < -0.39 is 17.3 Å². The van der Waals surface area contributed by atoms with Crippen LogP contribution >= 0.6 is 0 Å². The Balaban J connectivity index is 2.83. The number of carbonyl (C=O) groups excluding carboxylic acids is 1. The van der Waals surface area contributed by atoms with E-state index in [1.165, 1.54) is 4.90 Å². The van der Waals surface area contributed by atoms with Gasteiger partial charge in [-0.15, -0.1) is 0 Å². The van der Waals surface area contributed by atoms with E-state index >= 15 is 0 Å². The molecule has 1 aromatic heterocycles. The highest BCUT2D eigenvalue weighted by molar-refractivity contribution is 5.68. The van der Waals surface area contributed by atoms with Crippen LogP contribution in [0.5, 0.6) is 0 Å². The minimum Gasteiger partial charge on any atom is -0.467 e. The fourth-order valence-corrected chi connectivity index (χ4v) is 2.35. The third-order valence-electron chi connectivity index (χ3n) is 3.31. The monoisotopic (exact) mass is 341 g/mol. The lowest BCUT2D eigenvalue weighted by atomic mass is 9.99. The summed E-state index contributed by atoms with van der Waals surface area (Å²) in [6.07, 6.45) is 1.16. The molecule has 1 rings (SSSR count). The first-order chi connectivity index (χ1) is 10.9. The summed E-state index contributed by atoms with van der Waals surface area (Å²) in [6.45, 7) is 11.4. The van der Waals surface area contributed by atoms with E-state index in [-0.39, 0.29) is 18.6 Å². The molecule has 1 heterocycles. The van der Waals surface area contributed by atoms with Crippen LogP contribution in [0.2, 0.25) is 0 Å². The Labute approximate surface area is 144 Å². The zero-order chi connectivity index (χ0) is 18.5. The third-order valence-corrected chi connectivity index (χ3v) is 3.31. The lowest BCUT2D eigenvalue weighted by Gasteiger charge is -2.33. The molecule has 0 spiro atoms. The molecule has 0 aliphatic heterocycles. The van der Waals surface area contributed by atoms with Gasteiger partial charge in [0.2, 0.25) is 0 Å². The molecule has 0 aliphatic carbocycles. The van der Waals surface area contributed by atoms with Crippen LogP contribution < -0.4 is 0 Å². The second-order valence-electron chi connectivity index (χ2n) is 7.86. The van der Waals surface area contributed by atoms with Gasteiger partial charge >= 0.3 is 6.09 Å². The van der Waals surface area contributed by atoms with Gasteiger partial charge < -0.3 is 23.9 Å². The maximum absolute atomic E-state index is 12.4. The number of amides is 1. The minimum absolute atomic E-state index is 0.0454. The van der Waals surface area contributed by atoms with Gasteiger partial charge in [-0.3, -0.25) is 0 Å². The van der Waals surface area contributed by atoms with Crippen molar-refractivity contribution < 1.29 is 23.8 Å². The number of rotatable bonds is 7. The second kappa shape index (κ2) is 8.03. The lowest BCUT2D eigenvalue weighted by Crippen LogP contribution is -2.40. The van der Waals surface area contributed by atoms with Gasteiger partial charge in [-0.1, -0.05) is 6.92 Å². The standard InChI is InChI=1S/C18H31NO5/c1-13(11-22-12-18(5,6)21)15(14-9-8-10-23-14)19(7)16(20)24-17(2,3)4/h8-10,13,15,21H,11-12H2,1-7H3. The molecular formula is C18H31NO5. The van der Waals surface area contributed by atoms with Gasteiger partial charge in [0.1, 0.15) is 11.4 Å². The van der Waals surface area contributed by atoms with Crippen LogP contribution in [0, 0.1) is 5.92 Å². The summed E-state index contributed by atoms with van der Waals surface area (Å²) < 4.78 is 16.6. The average molecular weight is 341 g/mol. The molecule has 0 saturated heterocycles. The van der Waals surface area contributed by atoms with E-state index in [1.807, 2.05) is 33.8 Å². The first-order valence-electron chi connectivity index (χ1n) is 8.20. The van der Waals surface area contributed by atoms with Gasteiger partial charge in [0.05, 0.1) is 31.1 Å². The molecule has 6 nitrogen and oxygen atoms in total. The molecule has 2 unspecified atom stereocenters. The fourth-order valence-electron chi connectivity index (χ4n) is 2.35. The van der Waals surface area contributed by atoms with E-state index in [9.17, 15) is 9.90 Å². The van der Waals surface area contributed by atoms with Gasteiger partial charge in [0.25, 0.3) is 0 Å². The molecule has 24 heavy (non-hydrogen) atoms. The molecule has 0 fully saturated rings. The number of carbonyl (C=O) groups is 1. The third kappa shape index (κ3) is 6.93. The number of hydrogen-bond acceptors (Lipinski definition) is 5. The molecule has 0 saturated carbocycles. The van der Waals surface area contributed by atoms with Gasteiger partial charge in [0.15, 0.2) is 0 Å². The first-order valence-corrected chi connectivity index (χ1v) is 8.20. The maximum atomic E-state index is 12.4. The van der Waals surface area contributed by atoms with E-state index in [2.05, 4.69) is 0 Å². The van der Waals surface area contributed by atoms with Gasteiger partial charge in [-0.25, -0.2) is 4.79 Å². The Morgan fingerprint density at radius 3 is 2.42 bits per heavy atom. The highest BCUT2D eigenvalue weighted by atomic mass is 16.6. The normalized spacial score (nSPS) is 15.0. The zero-order valence-electron chi connectivity index (χ0n) is 15.8. The summed E-state index contributed by atoms with van der Waals surface area (Å²) in [6, 6.07) is 3.30. The predicted octanol–water partition coefficient (Wildman–Crippen LogP) is 3.61. The summed E-state index contributed by atoms with van der Waals surface area (Å²) in [5.74, 6) is 0.624. The molecular weight excluding hydrogens is 310 g/mol. The molecule has 0 radical (unpaired) electrons. The van der Waals surface area contributed by atoms with Crippen LogP contribution in [0.3, 0.4) is 0 Å². The van der Waals surface area contributed by atoms with Crippen molar-refractivity contribution >= 4 is 6.09 Å². The maximum Gasteiger partial charge on any atom is 0.410 e. The van der Waals surface area contributed by atoms with Crippen molar-refractivity contribution in [1.82, 2.24) is 4.90 Å². The van der Waals surface area contributed by atoms with Crippen LogP contribution in [0.15, 0.2) is 22.8 Å². The summed E-state index contributed by atoms with van der Waals surface area (Å²) in [7, 11) is 1.69. The number of ether oxygens (including phenoxy) is 2. The van der Waals surface area contributed by atoms with E-state index in [0.717, 1.165) is 0 Å². The largest absolute Gasteiger partial charge is 0.467 e. The van der Waals surface area contributed by atoms with Crippen molar-refractivity contribution in [3.8, 4) is 0 Å². The van der Waals surface area contributed by atoms with Crippen LogP contribution in [-0.2, 0) is 9.47 Å². The highest BCUT2D eigenvalue weighted by Gasteiger charge is 2.32. The van der Waals surface area contributed by atoms with Crippen LogP contribution in [0.4, 0.5) is 4.79 Å². The Kier molecular flexibility index (Phi) is 6.86. The minimum atomic E-state index is -0.892. The first kappa shape index (κ1) is 20.5. The Bertz CT molecular complexity index is 498. The number of furan rings is 1. The summed E-state index contributed by atoms with van der Waals surface area (Å²) in [5, 5.41) is 9.75. The number of aliphatic hydroxyl groups is 1. The van der Waals surface area contributed by atoms with Gasteiger partial charge in [-0.2, -0.15) is 0 Å². The summed E-state index contributed by atoms with van der Waals surface area (Å²) in [5.41, 5.74) is -1.46. The average Bonchev–Trinajstić information content (AvgIpc) is 2.89. The predicted molar refractivity (Wildman–Crippen MR) is 91.7 cm³/mol. The van der Waals surface area contributed by atoms with E-state index in [1.54, 1.807) is 33.2 Å². The molecule has 1 amide bonds. The van der Waals surface area contributed by atoms with Gasteiger partial charge in [-0.05, 0) is 46.8 Å². The lowest BCUT2D eigenvalue weighted by molar-refractivity contribution is -0.0406. The Hall–Kier alpha value is -1.53. The molecule has 6 heteroatoms. The molecule has 1 aromatic rings. The smallest absolute Gasteiger partial charge is 0.410 e. The Morgan fingerprint density at radius 1 is 1.33 bits per heavy atom. The van der Waals surface area contributed by atoms with Crippen molar-refractivity contribution in [3.63, 3.8) is 0 Å². The SMILES string of the molecule is CC(COCC(C)(C)O)C(c1ccco1)N(C)C(=O)OC(C)(C)C. The van der Waals surface area contributed by atoms with Crippen molar-refractivity contribution in [2.75, 3.05) is 20.3 Å². The number of nitrogens with zero attached hydrogens (tertiary/aromatic N) is 1. The van der Waals surface area contributed by atoms with Crippen molar-refractivity contribution in [3.05, 3.63) is 24.2 Å². The second-order valence-corrected chi connectivity index (χ2v) is 7.86. The van der Waals surface area contributed by atoms with Crippen LogP contribution in [0.1, 0.15) is 53.3 Å². The molecule has 2 atom stereocenters. The van der Waals surface area contributed by atoms with Crippen molar-refractivity contribution in [1.29, 1.82) is 0 Å².